The molecule has 21 heavy (non-hydrogen) atoms. The number of anilines is 1. The number of H-pyrrole nitrogens is 1. The van der Waals surface area contributed by atoms with Crippen molar-refractivity contribution in [3.05, 3.63) is 57.5 Å². The topological polar surface area (TPSA) is 57.8 Å². The van der Waals surface area contributed by atoms with Crippen LogP contribution in [0.1, 0.15) is 11.3 Å². The van der Waals surface area contributed by atoms with Gasteiger partial charge in [0.05, 0.1) is 0 Å². The van der Waals surface area contributed by atoms with E-state index in [1.807, 2.05) is 4.98 Å². The lowest BCUT2D eigenvalue weighted by Crippen LogP contribution is -2.19. The van der Waals surface area contributed by atoms with Gasteiger partial charge in [-0.1, -0.05) is 6.07 Å². The summed E-state index contributed by atoms with van der Waals surface area (Å²) in [6.45, 7) is -0.267. The molecule has 0 bridgehead atoms. The molecule has 0 spiro atoms. The molecule has 0 amide bonds. The van der Waals surface area contributed by atoms with E-state index in [-0.39, 0.29) is 12.1 Å². The summed E-state index contributed by atoms with van der Waals surface area (Å²) in [7, 11) is 0. The van der Waals surface area contributed by atoms with Gasteiger partial charge < -0.3 is 5.32 Å². The number of aromatic nitrogens is 2. The monoisotopic (exact) mass is 305 g/mol. The summed E-state index contributed by atoms with van der Waals surface area (Å²) in [6.07, 6.45) is -4.77. The zero-order valence-electron chi connectivity index (χ0n) is 10.3. The summed E-state index contributed by atoms with van der Waals surface area (Å²) >= 11 is 0. The van der Waals surface area contributed by atoms with E-state index >= 15 is 0 Å². The molecule has 4 nitrogen and oxygen atoms in total. The molecule has 1 aromatic carbocycles. The highest BCUT2D eigenvalue weighted by Gasteiger charge is 2.33. The molecule has 2 aromatic rings. The summed E-state index contributed by atoms with van der Waals surface area (Å²) in [5.74, 6) is -2.10. The van der Waals surface area contributed by atoms with Crippen LogP contribution in [0.25, 0.3) is 0 Å². The Balaban J connectivity index is 2.20. The highest BCUT2D eigenvalue weighted by Crippen LogP contribution is 2.26. The number of rotatable bonds is 3. The van der Waals surface area contributed by atoms with Crippen LogP contribution in [0.5, 0.6) is 0 Å². The number of hydrogen-bond acceptors (Lipinski definition) is 3. The van der Waals surface area contributed by atoms with Crippen molar-refractivity contribution in [2.45, 2.75) is 12.7 Å². The Labute approximate surface area is 114 Å². The molecule has 0 unspecified atom stereocenters. The summed E-state index contributed by atoms with van der Waals surface area (Å²) in [5, 5.41) is 2.35. The van der Waals surface area contributed by atoms with Crippen LogP contribution in [-0.4, -0.2) is 9.97 Å². The number of aromatic amines is 1. The van der Waals surface area contributed by atoms with E-state index in [1.165, 1.54) is 0 Å². The molecule has 2 N–H and O–H groups in total. The molecule has 0 saturated carbocycles. The molecule has 1 aromatic heterocycles. The predicted molar refractivity (Wildman–Crippen MR) is 63.5 cm³/mol. The maximum Gasteiger partial charge on any atom is 0.433 e. The van der Waals surface area contributed by atoms with Gasteiger partial charge in [-0.3, -0.25) is 9.78 Å². The lowest BCUT2D eigenvalue weighted by molar-refractivity contribution is -0.141. The molecule has 112 valence electrons. The average Bonchev–Trinajstić information content (AvgIpc) is 2.36. The first-order valence-electron chi connectivity index (χ1n) is 5.62. The van der Waals surface area contributed by atoms with Crippen molar-refractivity contribution in [3.8, 4) is 0 Å². The minimum Gasteiger partial charge on any atom is -0.352 e. The SMILES string of the molecule is O=c1cc(C(F)(F)F)nc(NCc2ccc(F)cc2F)[nH]1. The lowest BCUT2D eigenvalue weighted by Gasteiger charge is -2.09. The number of alkyl halides is 3. The van der Waals surface area contributed by atoms with Crippen LogP contribution < -0.4 is 10.9 Å². The molecular formula is C12H8F5N3O. The molecule has 0 radical (unpaired) electrons. The Morgan fingerprint density at radius 2 is 1.90 bits per heavy atom. The third-order valence-corrected chi connectivity index (χ3v) is 2.49. The fourth-order valence-corrected chi connectivity index (χ4v) is 1.53. The van der Waals surface area contributed by atoms with Crippen molar-refractivity contribution < 1.29 is 22.0 Å². The minimum atomic E-state index is -4.77. The maximum atomic E-state index is 13.3. The first kappa shape index (κ1) is 14.9. The maximum absolute atomic E-state index is 13.3. The fourth-order valence-electron chi connectivity index (χ4n) is 1.53. The van der Waals surface area contributed by atoms with Crippen LogP contribution in [0.15, 0.2) is 29.1 Å². The Morgan fingerprint density at radius 3 is 2.52 bits per heavy atom. The summed E-state index contributed by atoms with van der Waals surface area (Å²) < 4.78 is 63.5. The van der Waals surface area contributed by atoms with Crippen molar-refractivity contribution in [3.63, 3.8) is 0 Å². The summed E-state index contributed by atoms with van der Waals surface area (Å²) in [4.78, 5) is 16.3. The van der Waals surface area contributed by atoms with E-state index in [4.69, 9.17) is 0 Å². The number of hydrogen-bond donors (Lipinski definition) is 2. The second-order valence-corrected chi connectivity index (χ2v) is 4.07. The number of benzene rings is 1. The van der Waals surface area contributed by atoms with Gasteiger partial charge in [-0.15, -0.1) is 0 Å². The van der Waals surface area contributed by atoms with E-state index in [1.54, 1.807) is 0 Å². The number of nitrogens with one attached hydrogen (secondary N) is 2. The van der Waals surface area contributed by atoms with Crippen LogP contribution in [0.3, 0.4) is 0 Å². The molecule has 0 saturated heterocycles. The predicted octanol–water partition coefficient (Wildman–Crippen LogP) is 2.68. The first-order chi connectivity index (χ1) is 9.75. The Hall–Kier alpha value is -2.45. The van der Waals surface area contributed by atoms with E-state index < -0.39 is 35.0 Å². The smallest absolute Gasteiger partial charge is 0.352 e. The third kappa shape index (κ3) is 3.77. The molecule has 0 aliphatic heterocycles. The van der Waals surface area contributed by atoms with E-state index in [2.05, 4.69) is 10.3 Å². The van der Waals surface area contributed by atoms with E-state index in [0.717, 1.165) is 12.1 Å². The summed E-state index contributed by atoms with van der Waals surface area (Å²) in [6, 6.07) is 3.08. The first-order valence-corrected chi connectivity index (χ1v) is 5.62. The standard InChI is InChI=1S/C12H8F5N3O/c13-7-2-1-6(8(14)3-7)5-18-11-19-9(12(15,16)17)4-10(21)20-11/h1-4H,5H2,(H2,18,19,20,21). The molecule has 0 aliphatic rings. The van der Waals surface area contributed by atoms with Gasteiger partial charge in [0.25, 0.3) is 5.56 Å². The van der Waals surface area contributed by atoms with Crippen LogP contribution >= 0.6 is 0 Å². The zero-order valence-corrected chi connectivity index (χ0v) is 10.3. The second kappa shape index (κ2) is 5.51. The van der Waals surface area contributed by atoms with Gasteiger partial charge in [0.2, 0.25) is 5.95 Å². The van der Waals surface area contributed by atoms with Gasteiger partial charge in [0, 0.05) is 24.2 Å². The van der Waals surface area contributed by atoms with Gasteiger partial charge in [-0.05, 0) is 6.07 Å². The Morgan fingerprint density at radius 1 is 1.19 bits per heavy atom. The fraction of sp³-hybridized carbons (Fsp3) is 0.167. The largest absolute Gasteiger partial charge is 0.433 e. The lowest BCUT2D eigenvalue weighted by atomic mass is 10.2. The average molecular weight is 305 g/mol. The molecule has 9 heteroatoms. The molecule has 0 fully saturated rings. The zero-order chi connectivity index (χ0) is 15.6. The molecule has 0 aliphatic carbocycles. The number of halogens is 5. The van der Waals surface area contributed by atoms with Gasteiger partial charge in [-0.25, -0.2) is 13.8 Å². The van der Waals surface area contributed by atoms with Gasteiger partial charge in [-0.2, -0.15) is 13.2 Å². The van der Waals surface area contributed by atoms with Crippen molar-refractivity contribution in [1.29, 1.82) is 0 Å². The Kier molecular flexibility index (Phi) is 3.92. The van der Waals surface area contributed by atoms with Crippen LogP contribution in [0.4, 0.5) is 27.9 Å². The van der Waals surface area contributed by atoms with Gasteiger partial charge >= 0.3 is 6.18 Å². The van der Waals surface area contributed by atoms with E-state index in [9.17, 15) is 26.7 Å². The van der Waals surface area contributed by atoms with Crippen molar-refractivity contribution in [2.24, 2.45) is 0 Å². The van der Waals surface area contributed by atoms with Crippen molar-refractivity contribution in [2.75, 3.05) is 5.32 Å². The van der Waals surface area contributed by atoms with Gasteiger partial charge in [0.1, 0.15) is 11.6 Å². The van der Waals surface area contributed by atoms with Crippen LogP contribution in [0, 0.1) is 11.6 Å². The second-order valence-electron chi connectivity index (χ2n) is 4.07. The number of nitrogens with zero attached hydrogens (tertiary/aromatic N) is 1. The summed E-state index contributed by atoms with van der Waals surface area (Å²) in [5.41, 5.74) is -2.36. The van der Waals surface area contributed by atoms with Gasteiger partial charge in [0.15, 0.2) is 5.69 Å². The van der Waals surface area contributed by atoms with Crippen molar-refractivity contribution in [1.82, 2.24) is 9.97 Å². The highest BCUT2D eigenvalue weighted by molar-refractivity contribution is 5.29. The van der Waals surface area contributed by atoms with Crippen LogP contribution in [0.2, 0.25) is 0 Å². The third-order valence-electron chi connectivity index (χ3n) is 2.49. The highest BCUT2D eigenvalue weighted by atomic mass is 19.4. The van der Waals surface area contributed by atoms with Crippen molar-refractivity contribution >= 4 is 5.95 Å². The molecular weight excluding hydrogens is 297 g/mol. The minimum absolute atomic E-state index is 0.0106. The quantitative estimate of drug-likeness (QED) is 0.857. The van der Waals surface area contributed by atoms with Crippen LogP contribution in [-0.2, 0) is 12.7 Å². The molecule has 1 heterocycles. The Bertz CT molecular complexity index is 711. The normalized spacial score (nSPS) is 11.5. The molecule has 0 atom stereocenters. The van der Waals surface area contributed by atoms with E-state index in [0.29, 0.717) is 12.1 Å². The molecule has 2 rings (SSSR count).